The predicted molar refractivity (Wildman–Crippen MR) is 112 cm³/mol. The summed E-state index contributed by atoms with van der Waals surface area (Å²) < 4.78 is 11.4. The van der Waals surface area contributed by atoms with Crippen LogP contribution in [-0.2, 0) is 16.8 Å². The molecule has 0 aliphatic carbocycles. The number of aromatic nitrogens is 2. The quantitative estimate of drug-likeness (QED) is 0.776. The summed E-state index contributed by atoms with van der Waals surface area (Å²) >= 11 is 1.67. The number of halogens is 1. The van der Waals surface area contributed by atoms with Crippen molar-refractivity contribution in [2.45, 2.75) is 50.5 Å². The first kappa shape index (κ1) is 20.8. The van der Waals surface area contributed by atoms with E-state index in [-0.39, 0.29) is 29.8 Å². The molecule has 3 aliphatic heterocycles. The Balaban J connectivity index is 0.00000205. The Morgan fingerprint density at radius 3 is 2.76 bits per heavy atom. The van der Waals surface area contributed by atoms with Crippen molar-refractivity contribution in [2.75, 3.05) is 32.8 Å². The molecule has 0 unspecified atom stereocenters. The van der Waals surface area contributed by atoms with Crippen LogP contribution in [0, 0.1) is 6.92 Å². The maximum atomic E-state index is 13.2. The first-order valence-electron chi connectivity index (χ1n) is 10.2. The summed E-state index contributed by atoms with van der Waals surface area (Å²) in [5.41, 5.74) is 1.09. The van der Waals surface area contributed by atoms with Crippen molar-refractivity contribution in [3.63, 3.8) is 0 Å². The first-order chi connectivity index (χ1) is 13.6. The van der Waals surface area contributed by atoms with Crippen LogP contribution in [0.2, 0.25) is 0 Å². The van der Waals surface area contributed by atoms with Crippen LogP contribution in [0.5, 0.6) is 0 Å². The summed E-state index contributed by atoms with van der Waals surface area (Å²) in [5, 5.41) is 7.47. The molecule has 2 saturated heterocycles. The van der Waals surface area contributed by atoms with Gasteiger partial charge in [-0.2, -0.15) is 4.98 Å². The summed E-state index contributed by atoms with van der Waals surface area (Å²) in [4.78, 5) is 21.7. The molecule has 5 rings (SSSR count). The molecule has 7 nitrogen and oxygen atoms in total. The molecule has 29 heavy (non-hydrogen) atoms. The lowest BCUT2D eigenvalue weighted by Gasteiger charge is -2.40. The molecule has 1 spiro atoms. The van der Waals surface area contributed by atoms with Gasteiger partial charge in [-0.15, -0.1) is 23.7 Å². The number of likely N-dealkylation sites (tertiary alicyclic amines) is 1. The molecule has 0 saturated carbocycles. The van der Waals surface area contributed by atoms with Crippen molar-refractivity contribution >= 4 is 29.7 Å². The largest absolute Gasteiger partial charge is 0.370 e. The van der Waals surface area contributed by atoms with E-state index in [9.17, 15) is 4.79 Å². The molecule has 0 atom stereocenters. The highest BCUT2D eigenvalue weighted by atomic mass is 35.5. The van der Waals surface area contributed by atoms with E-state index in [2.05, 4.69) is 21.5 Å². The number of nitrogens with zero attached hydrogens (tertiary/aromatic N) is 3. The van der Waals surface area contributed by atoms with Gasteiger partial charge in [0.15, 0.2) is 5.82 Å². The van der Waals surface area contributed by atoms with Crippen LogP contribution < -0.4 is 5.32 Å². The van der Waals surface area contributed by atoms with Gasteiger partial charge >= 0.3 is 0 Å². The number of carbonyl (C=O) groups excluding carboxylic acids is 1. The highest BCUT2D eigenvalue weighted by Gasteiger charge is 2.41. The number of hydrogen-bond acceptors (Lipinski definition) is 7. The number of piperidine rings is 2. The molecule has 9 heteroatoms. The Bertz CT molecular complexity index is 869. The highest BCUT2D eigenvalue weighted by Crippen LogP contribution is 2.43. The molecule has 158 valence electrons. The van der Waals surface area contributed by atoms with E-state index in [1.807, 2.05) is 11.8 Å². The smallest absolute Gasteiger partial charge is 0.263 e. The van der Waals surface area contributed by atoms with Crippen LogP contribution in [0.15, 0.2) is 10.6 Å². The number of fused-ring (bicyclic) bond motifs is 2. The Labute approximate surface area is 180 Å². The van der Waals surface area contributed by atoms with E-state index in [0.717, 1.165) is 75.6 Å². The molecule has 0 radical (unpaired) electrons. The number of thiophene rings is 1. The summed E-state index contributed by atoms with van der Waals surface area (Å²) in [6.07, 6.45) is 4.66. The lowest BCUT2D eigenvalue weighted by Crippen LogP contribution is -2.44. The number of amides is 1. The molecule has 2 aromatic heterocycles. The van der Waals surface area contributed by atoms with Crippen molar-refractivity contribution in [2.24, 2.45) is 0 Å². The Morgan fingerprint density at radius 2 is 2.07 bits per heavy atom. The number of hydrogen-bond donors (Lipinski definition) is 1. The third kappa shape index (κ3) is 3.83. The van der Waals surface area contributed by atoms with E-state index in [4.69, 9.17) is 9.26 Å². The third-order valence-corrected chi connectivity index (χ3v) is 7.50. The predicted octanol–water partition coefficient (Wildman–Crippen LogP) is 3.03. The summed E-state index contributed by atoms with van der Waals surface area (Å²) in [6, 6.07) is 2.13. The maximum Gasteiger partial charge on any atom is 0.263 e. The number of rotatable bonds is 2. The van der Waals surface area contributed by atoms with Gasteiger partial charge in [0.2, 0.25) is 5.89 Å². The van der Waals surface area contributed by atoms with E-state index >= 15 is 0 Å². The molecule has 0 aromatic carbocycles. The van der Waals surface area contributed by atoms with Crippen molar-refractivity contribution in [3.8, 4) is 0 Å². The van der Waals surface area contributed by atoms with Gasteiger partial charge in [-0.05, 0) is 50.4 Å². The Hall–Kier alpha value is -1.48. The topological polar surface area (TPSA) is 80.5 Å². The maximum absolute atomic E-state index is 13.2. The number of nitrogens with one attached hydrogen (secondary N) is 1. The van der Waals surface area contributed by atoms with Crippen molar-refractivity contribution in [1.29, 1.82) is 0 Å². The molecule has 1 N–H and O–H groups in total. The average molecular weight is 439 g/mol. The number of aryl methyl sites for hydroxylation is 1. The van der Waals surface area contributed by atoms with E-state index in [1.165, 1.54) is 10.4 Å². The van der Waals surface area contributed by atoms with E-state index in [0.29, 0.717) is 5.89 Å². The van der Waals surface area contributed by atoms with Crippen molar-refractivity contribution in [1.82, 2.24) is 20.4 Å². The first-order valence-corrected chi connectivity index (χ1v) is 11.0. The third-order valence-electron chi connectivity index (χ3n) is 6.32. The molecule has 5 heterocycles. The van der Waals surface area contributed by atoms with Gasteiger partial charge in [-0.25, -0.2) is 0 Å². The molecule has 0 bridgehead atoms. The van der Waals surface area contributed by atoms with Gasteiger partial charge in [0.05, 0.1) is 17.1 Å². The van der Waals surface area contributed by atoms with Crippen LogP contribution >= 0.6 is 23.7 Å². The summed E-state index contributed by atoms with van der Waals surface area (Å²) in [6.45, 7) is 6.00. The monoisotopic (exact) mass is 438 g/mol. The minimum absolute atomic E-state index is 0. The molecular formula is C20H27ClN4O3S. The zero-order valence-corrected chi connectivity index (χ0v) is 18.2. The van der Waals surface area contributed by atoms with E-state index in [1.54, 1.807) is 11.3 Å². The fourth-order valence-corrected chi connectivity index (χ4v) is 5.94. The van der Waals surface area contributed by atoms with Gasteiger partial charge in [0.25, 0.3) is 5.91 Å². The molecular weight excluding hydrogens is 412 g/mol. The van der Waals surface area contributed by atoms with Gasteiger partial charge in [0, 0.05) is 37.2 Å². The minimum atomic E-state index is -0.183. The number of ether oxygens (including phenoxy) is 1. The van der Waals surface area contributed by atoms with Gasteiger partial charge in [-0.3, -0.25) is 4.79 Å². The van der Waals surface area contributed by atoms with Gasteiger partial charge in [-0.1, -0.05) is 5.16 Å². The number of carbonyl (C=O) groups is 1. The normalized spacial score (nSPS) is 21.6. The fraction of sp³-hybridized carbons (Fsp3) is 0.650. The summed E-state index contributed by atoms with van der Waals surface area (Å²) in [5.74, 6) is 1.82. The second-order valence-electron chi connectivity index (χ2n) is 8.03. The van der Waals surface area contributed by atoms with Crippen LogP contribution in [0.1, 0.15) is 63.4 Å². The highest BCUT2D eigenvalue weighted by molar-refractivity contribution is 7.14. The van der Waals surface area contributed by atoms with E-state index < -0.39 is 0 Å². The fourth-order valence-electron chi connectivity index (χ4n) is 4.74. The van der Waals surface area contributed by atoms with Gasteiger partial charge in [0.1, 0.15) is 0 Å². The zero-order valence-electron chi connectivity index (χ0n) is 16.6. The van der Waals surface area contributed by atoms with Crippen LogP contribution in [0.4, 0.5) is 0 Å². The molecule has 2 aromatic rings. The standard InChI is InChI=1S/C20H26N4O3S.ClH/c1-13-22-18(23-27-13)14-2-9-24(10-3-14)19(25)17-12-15-16(28-17)4-11-26-20(15)5-7-21-8-6-20;/h12,14,21H,2-11H2,1H3;1H. The lowest BCUT2D eigenvalue weighted by atomic mass is 9.83. The lowest BCUT2D eigenvalue weighted by molar-refractivity contribution is -0.0792. The zero-order chi connectivity index (χ0) is 19.1. The van der Waals surface area contributed by atoms with Crippen molar-refractivity contribution in [3.05, 3.63) is 33.1 Å². The summed E-state index contributed by atoms with van der Waals surface area (Å²) in [7, 11) is 0. The van der Waals surface area contributed by atoms with Crippen molar-refractivity contribution < 1.29 is 14.1 Å². The molecule has 3 aliphatic rings. The second-order valence-corrected chi connectivity index (χ2v) is 9.17. The van der Waals surface area contributed by atoms with Crippen LogP contribution in [0.3, 0.4) is 0 Å². The minimum Gasteiger partial charge on any atom is -0.370 e. The molecule has 1 amide bonds. The van der Waals surface area contributed by atoms with Crippen LogP contribution in [0.25, 0.3) is 0 Å². The van der Waals surface area contributed by atoms with Crippen LogP contribution in [-0.4, -0.2) is 53.7 Å². The SMILES string of the molecule is Cc1nc(C2CCN(C(=O)c3cc4c(s3)CCOC43CCNCC3)CC2)no1.Cl. The molecule has 2 fully saturated rings. The average Bonchev–Trinajstić information content (AvgIpc) is 3.36. The Morgan fingerprint density at radius 1 is 1.31 bits per heavy atom. The Kier molecular flexibility index (Phi) is 5.97. The second kappa shape index (κ2) is 8.34. The van der Waals surface area contributed by atoms with Gasteiger partial charge < -0.3 is 19.5 Å².